The van der Waals surface area contributed by atoms with Crippen LogP contribution in [0.2, 0.25) is 0 Å². The summed E-state index contributed by atoms with van der Waals surface area (Å²) in [7, 11) is 0. The first-order valence-electron chi connectivity index (χ1n) is 5.61. The van der Waals surface area contributed by atoms with E-state index in [2.05, 4.69) is 4.98 Å². The van der Waals surface area contributed by atoms with Crippen LogP contribution in [0.4, 0.5) is 0 Å². The van der Waals surface area contributed by atoms with Crippen molar-refractivity contribution >= 4 is 10.9 Å². The highest BCUT2D eigenvalue weighted by molar-refractivity contribution is 5.79. The molecule has 1 aromatic heterocycles. The zero-order valence-corrected chi connectivity index (χ0v) is 9.54. The molecule has 0 amide bonds. The van der Waals surface area contributed by atoms with Gasteiger partial charge in [-0.25, -0.2) is 0 Å². The Kier molecular flexibility index (Phi) is 2.57. The Morgan fingerprint density at radius 2 is 1.67 bits per heavy atom. The van der Waals surface area contributed by atoms with Gasteiger partial charge in [-0.3, -0.25) is 10.1 Å². The summed E-state index contributed by atoms with van der Waals surface area (Å²) in [6.45, 7) is 0. The van der Waals surface area contributed by atoms with Gasteiger partial charge in [0.2, 0.25) is 0 Å². The minimum atomic E-state index is -0.0287. The van der Waals surface area contributed by atoms with E-state index in [-0.39, 0.29) is 5.75 Å². The van der Waals surface area contributed by atoms with Gasteiger partial charge >= 0.3 is 0 Å². The minimum absolute atomic E-state index is 0.0287. The predicted molar refractivity (Wildman–Crippen MR) is 68.4 cm³/mol. The van der Waals surface area contributed by atoms with Crippen LogP contribution >= 0.6 is 0 Å². The SMILES string of the molecule is [O]c1ccc(Oc2cnc3ccccc3c2)cc1. The molecule has 0 spiro atoms. The maximum Gasteiger partial charge on any atom is 0.178 e. The molecule has 0 aliphatic heterocycles. The second kappa shape index (κ2) is 4.37. The quantitative estimate of drug-likeness (QED) is 0.670. The summed E-state index contributed by atoms with van der Waals surface area (Å²) in [6.07, 6.45) is 1.67. The van der Waals surface area contributed by atoms with Crippen molar-refractivity contribution in [3.05, 3.63) is 60.8 Å². The molecule has 1 radical (unpaired) electrons. The highest BCUT2D eigenvalue weighted by Crippen LogP contribution is 2.25. The lowest BCUT2D eigenvalue weighted by atomic mass is 10.2. The molecule has 87 valence electrons. The summed E-state index contributed by atoms with van der Waals surface area (Å²) in [5, 5.41) is 12.0. The number of hydrogen-bond acceptors (Lipinski definition) is 2. The largest absolute Gasteiger partial charge is 0.456 e. The Morgan fingerprint density at radius 1 is 0.889 bits per heavy atom. The molecule has 0 aliphatic carbocycles. The Bertz CT molecular complexity index is 677. The van der Waals surface area contributed by atoms with E-state index in [0.717, 1.165) is 10.9 Å². The summed E-state index contributed by atoms with van der Waals surface area (Å²) >= 11 is 0. The van der Waals surface area contributed by atoms with E-state index in [0.29, 0.717) is 11.5 Å². The second-order valence-electron chi connectivity index (χ2n) is 3.94. The van der Waals surface area contributed by atoms with E-state index in [1.54, 1.807) is 18.3 Å². The van der Waals surface area contributed by atoms with Crippen molar-refractivity contribution in [2.75, 3.05) is 0 Å². The topological polar surface area (TPSA) is 42.0 Å². The van der Waals surface area contributed by atoms with Gasteiger partial charge in [-0.05, 0) is 36.4 Å². The summed E-state index contributed by atoms with van der Waals surface area (Å²) in [6, 6.07) is 16.0. The normalized spacial score (nSPS) is 10.4. The number of hydrogen-bond donors (Lipinski definition) is 0. The van der Waals surface area contributed by atoms with Crippen LogP contribution in [0.3, 0.4) is 0 Å². The fourth-order valence-electron chi connectivity index (χ4n) is 1.75. The van der Waals surface area contributed by atoms with Crippen molar-refractivity contribution in [1.29, 1.82) is 0 Å². The van der Waals surface area contributed by atoms with E-state index < -0.39 is 0 Å². The van der Waals surface area contributed by atoms with Gasteiger partial charge in [-0.1, -0.05) is 18.2 Å². The number of rotatable bonds is 2. The molecule has 0 saturated carbocycles. The molecular weight excluding hydrogens is 226 g/mol. The molecule has 0 atom stereocenters. The molecule has 2 aromatic carbocycles. The lowest BCUT2D eigenvalue weighted by molar-refractivity contribution is 0.354. The highest BCUT2D eigenvalue weighted by Gasteiger charge is 2.00. The predicted octanol–water partition coefficient (Wildman–Crippen LogP) is 4.17. The second-order valence-corrected chi connectivity index (χ2v) is 3.94. The monoisotopic (exact) mass is 236 g/mol. The molecule has 0 bridgehead atoms. The average molecular weight is 236 g/mol. The van der Waals surface area contributed by atoms with Crippen LogP contribution in [0.5, 0.6) is 17.2 Å². The highest BCUT2D eigenvalue weighted by atomic mass is 16.5. The number of fused-ring (bicyclic) bond motifs is 1. The van der Waals surface area contributed by atoms with Crippen molar-refractivity contribution < 1.29 is 9.84 Å². The first-order valence-corrected chi connectivity index (χ1v) is 5.61. The van der Waals surface area contributed by atoms with E-state index >= 15 is 0 Å². The smallest absolute Gasteiger partial charge is 0.178 e. The Hall–Kier alpha value is -2.55. The Labute approximate surface area is 104 Å². The zero-order chi connectivity index (χ0) is 12.4. The molecule has 0 unspecified atom stereocenters. The number of ether oxygens (including phenoxy) is 1. The van der Waals surface area contributed by atoms with Gasteiger partial charge in [0.15, 0.2) is 5.75 Å². The number of aromatic nitrogens is 1. The van der Waals surface area contributed by atoms with Crippen LogP contribution in [-0.2, 0) is 5.11 Å². The van der Waals surface area contributed by atoms with Gasteiger partial charge in [0, 0.05) is 5.39 Å². The lowest BCUT2D eigenvalue weighted by Crippen LogP contribution is -1.86. The number of nitrogens with zero attached hydrogens (tertiary/aromatic N) is 1. The summed E-state index contributed by atoms with van der Waals surface area (Å²) in [5.41, 5.74) is 0.930. The third-order valence-electron chi connectivity index (χ3n) is 2.62. The molecule has 0 saturated heterocycles. The van der Waals surface area contributed by atoms with Crippen molar-refractivity contribution in [3.8, 4) is 17.2 Å². The molecule has 3 aromatic rings. The molecule has 0 aliphatic rings. The summed E-state index contributed by atoms with van der Waals surface area (Å²) < 4.78 is 5.64. The number of benzene rings is 2. The molecular formula is C15H10NO2. The maximum absolute atomic E-state index is 11.0. The number of pyridine rings is 1. The van der Waals surface area contributed by atoms with Gasteiger partial charge in [0.25, 0.3) is 0 Å². The standard InChI is InChI=1S/C15H10NO2/c17-12-5-7-13(8-6-12)18-14-9-11-3-1-2-4-15(11)16-10-14/h1-10H. The van der Waals surface area contributed by atoms with Gasteiger partial charge in [0.05, 0.1) is 11.7 Å². The van der Waals surface area contributed by atoms with Crippen LogP contribution < -0.4 is 4.74 Å². The van der Waals surface area contributed by atoms with E-state index in [4.69, 9.17) is 4.74 Å². The van der Waals surface area contributed by atoms with Crippen LogP contribution in [0.1, 0.15) is 0 Å². The fraction of sp³-hybridized carbons (Fsp3) is 0. The van der Waals surface area contributed by atoms with Crippen molar-refractivity contribution in [1.82, 2.24) is 4.98 Å². The van der Waals surface area contributed by atoms with Gasteiger partial charge in [-0.2, -0.15) is 0 Å². The van der Waals surface area contributed by atoms with Gasteiger partial charge < -0.3 is 4.74 Å². The molecule has 1 heterocycles. The van der Waals surface area contributed by atoms with Gasteiger partial charge in [0.1, 0.15) is 11.5 Å². The molecule has 3 rings (SSSR count). The van der Waals surface area contributed by atoms with Crippen LogP contribution in [0.25, 0.3) is 10.9 Å². The molecule has 0 N–H and O–H groups in total. The third kappa shape index (κ3) is 2.11. The molecule has 3 heteroatoms. The third-order valence-corrected chi connectivity index (χ3v) is 2.62. The Morgan fingerprint density at radius 3 is 2.50 bits per heavy atom. The first kappa shape index (κ1) is 10.6. The van der Waals surface area contributed by atoms with Crippen molar-refractivity contribution in [2.45, 2.75) is 0 Å². The van der Waals surface area contributed by atoms with Gasteiger partial charge in [-0.15, -0.1) is 0 Å². The van der Waals surface area contributed by atoms with E-state index in [1.165, 1.54) is 12.1 Å². The van der Waals surface area contributed by atoms with Crippen molar-refractivity contribution in [2.24, 2.45) is 0 Å². The van der Waals surface area contributed by atoms with Crippen LogP contribution in [0.15, 0.2) is 60.8 Å². The van der Waals surface area contributed by atoms with Crippen molar-refractivity contribution in [3.63, 3.8) is 0 Å². The summed E-state index contributed by atoms with van der Waals surface area (Å²) in [4.78, 5) is 4.31. The zero-order valence-electron chi connectivity index (χ0n) is 9.54. The lowest BCUT2D eigenvalue weighted by Gasteiger charge is -2.05. The van der Waals surface area contributed by atoms with E-state index in [9.17, 15) is 5.11 Å². The van der Waals surface area contributed by atoms with Crippen LogP contribution in [0, 0.1) is 0 Å². The Balaban J connectivity index is 1.92. The fourth-order valence-corrected chi connectivity index (χ4v) is 1.75. The number of para-hydroxylation sites is 1. The molecule has 0 fully saturated rings. The maximum atomic E-state index is 11.0. The first-order chi connectivity index (χ1) is 8.81. The summed E-state index contributed by atoms with van der Waals surface area (Å²) in [5.74, 6) is 1.26. The minimum Gasteiger partial charge on any atom is -0.456 e. The molecule has 18 heavy (non-hydrogen) atoms. The average Bonchev–Trinajstić information content (AvgIpc) is 2.41. The van der Waals surface area contributed by atoms with E-state index in [1.807, 2.05) is 30.3 Å². The molecule has 3 nitrogen and oxygen atoms in total. The van der Waals surface area contributed by atoms with Crippen LogP contribution in [-0.4, -0.2) is 4.98 Å².